The zero-order valence-electron chi connectivity index (χ0n) is 26.7. The highest BCUT2D eigenvalue weighted by Gasteiger charge is 2.30. The van der Waals surface area contributed by atoms with E-state index in [9.17, 15) is 19.2 Å². The number of aryl methyl sites for hydroxylation is 1. The van der Waals surface area contributed by atoms with Crippen LogP contribution in [-0.2, 0) is 27.2 Å². The molecule has 1 aliphatic heterocycles. The number of ether oxygens (including phenoxy) is 3. The molecule has 0 bridgehead atoms. The topological polar surface area (TPSA) is 135 Å². The van der Waals surface area contributed by atoms with Gasteiger partial charge in [0, 0.05) is 13.6 Å². The van der Waals surface area contributed by atoms with E-state index in [0.717, 1.165) is 11.1 Å². The van der Waals surface area contributed by atoms with Gasteiger partial charge in [-0.1, -0.05) is 48.5 Å². The van der Waals surface area contributed by atoms with Crippen LogP contribution >= 0.6 is 0 Å². The zero-order chi connectivity index (χ0) is 33.1. The van der Waals surface area contributed by atoms with E-state index in [1.165, 1.54) is 0 Å². The molecule has 0 radical (unpaired) electrons. The van der Waals surface area contributed by atoms with Gasteiger partial charge in [0.2, 0.25) is 17.7 Å². The summed E-state index contributed by atoms with van der Waals surface area (Å²) in [5, 5.41) is 8.25. The Hall–Kier alpha value is -5.06. The Morgan fingerprint density at radius 3 is 2.39 bits per heavy atom. The van der Waals surface area contributed by atoms with E-state index in [1.807, 2.05) is 48.5 Å². The van der Waals surface area contributed by atoms with E-state index in [-0.39, 0.29) is 30.5 Å². The Bertz CT molecular complexity index is 1510. The Morgan fingerprint density at radius 1 is 0.935 bits per heavy atom. The molecular weight excluding hydrogens is 588 g/mol. The van der Waals surface area contributed by atoms with Crippen molar-refractivity contribution in [2.24, 2.45) is 0 Å². The number of nitrogens with one attached hydrogen (secondary N) is 3. The van der Waals surface area contributed by atoms with Crippen molar-refractivity contribution in [3.8, 4) is 17.2 Å². The summed E-state index contributed by atoms with van der Waals surface area (Å²) in [6, 6.07) is 19.6. The minimum atomic E-state index is -1.18. The summed E-state index contributed by atoms with van der Waals surface area (Å²) in [5.41, 5.74) is 2.23. The molecule has 244 valence electrons. The van der Waals surface area contributed by atoms with Crippen LogP contribution in [0.25, 0.3) is 0 Å². The monoisotopic (exact) mass is 630 g/mol. The standard InChI is InChI=1S/C35H42N4O7/c1-23-35(43)39(2)26(19-24-11-6-5-7-12-24)22-46-29-15-9-8-14-27(29)33(41)38-28(21-32(40)37-23)34(42)36-18-10-13-25-16-17-30(44-3)31(20-25)45-4/h5-9,11-12,14-17,20,23,26,28H,10,13,18-19,21-22H2,1-4H3,(H,36,42)(H,37,40)(H,38,41)/t23-,26-,28-/m0/s1. The van der Waals surface area contributed by atoms with Gasteiger partial charge >= 0.3 is 0 Å². The van der Waals surface area contributed by atoms with Crippen molar-refractivity contribution in [1.29, 1.82) is 0 Å². The zero-order valence-corrected chi connectivity index (χ0v) is 26.7. The molecule has 0 fully saturated rings. The highest BCUT2D eigenvalue weighted by atomic mass is 16.5. The van der Waals surface area contributed by atoms with E-state index in [4.69, 9.17) is 14.2 Å². The first kappa shape index (κ1) is 33.8. The molecule has 46 heavy (non-hydrogen) atoms. The fourth-order valence-electron chi connectivity index (χ4n) is 5.30. The molecule has 11 nitrogen and oxygen atoms in total. The van der Waals surface area contributed by atoms with Crippen molar-refractivity contribution in [3.63, 3.8) is 0 Å². The predicted molar refractivity (Wildman–Crippen MR) is 173 cm³/mol. The average molecular weight is 631 g/mol. The van der Waals surface area contributed by atoms with Crippen molar-refractivity contribution in [1.82, 2.24) is 20.9 Å². The van der Waals surface area contributed by atoms with Gasteiger partial charge in [0.25, 0.3) is 5.91 Å². The lowest BCUT2D eigenvalue weighted by molar-refractivity contribution is -0.137. The first-order chi connectivity index (χ1) is 22.2. The quantitative estimate of drug-likeness (QED) is 0.310. The van der Waals surface area contributed by atoms with Gasteiger partial charge in [0.05, 0.1) is 32.2 Å². The molecule has 1 aliphatic rings. The maximum absolute atomic E-state index is 13.5. The molecular formula is C35H42N4O7. The van der Waals surface area contributed by atoms with Crippen LogP contribution in [0, 0.1) is 0 Å². The summed E-state index contributed by atoms with van der Waals surface area (Å²) in [6.45, 7) is 2.01. The molecule has 0 unspecified atom stereocenters. The summed E-state index contributed by atoms with van der Waals surface area (Å²) in [6.07, 6.45) is 1.41. The number of para-hydroxylation sites is 1. The predicted octanol–water partition coefficient (Wildman–Crippen LogP) is 2.91. The second-order valence-electron chi connectivity index (χ2n) is 11.2. The van der Waals surface area contributed by atoms with Crippen molar-refractivity contribution in [2.75, 3.05) is 34.4 Å². The number of likely N-dealkylation sites (N-methyl/N-ethyl adjacent to an activating group) is 1. The maximum Gasteiger partial charge on any atom is 0.255 e. The molecule has 11 heteroatoms. The number of hydrogen-bond acceptors (Lipinski definition) is 7. The maximum atomic E-state index is 13.5. The summed E-state index contributed by atoms with van der Waals surface area (Å²) in [7, 11) is 4.81. The number of rotatable bonds is 9. The number of fused-ring (bicyclic) bond motifs is 1. The van der Waals surface area contributed by atoms with E-state index in [2.05, 4.69) is 16.0 Å². The van der Waals surface area contributed by atoms with Gasteiger partial charge in [0.15, 0.2) is 11.5 Å². The van der Waals surface area contributed by atoms with Crippen LogP contribution in [0.2, 0.25) is 0 Å². The molecule has 3 aromatic rings. The van der Waals surface area contributed by atoms with Gasteiger partial charge < -0.3 is 35.1 Å². The molecule has 0 saturated heterocycles. The van der Waals surface area contributed by atoms with Crippen molar-refractivity contribution in [3.05, 3.63) is 89.5 Å². The fourth-order valence-corrected chi connectivity index (χ4v) is 5.30. The third kappa shape index (κ3) is 8.99. The summed E-state index contributed by atoms with van der Waals surface area (Å²) < 4.78 is 16.8. The molecule has 4 rings (SSSR count). The smallest absolute Gasteiger partial charge is 0.255 e. The Balaban J connectivity index is 1.49. The van der Waals surface area contributed by atoms with Crippen LogP contribution in [-0.4, -0.2) is 81.1 Å². The molecule has 0 spiro atoms. The van der Waals surface area contributed by atoms with Crippen LogP contribution < -0.4 is 30.2 Å². The lowest BCUT2D eigenvalue weighted by atomic mass is 10.0. The van der Waals surface area contributed by atoms with Crippen molar-refractivity contribution >= 4 is 23.6 Å². The number of carbonyl (C=O) groups is 4. The van der Waals surface area contributed by atoms with Crippen LogP contribution in [0.5, 0.6) is 17.2 Å². The van der Waals surface area contributed by atoms with Gasteiger partial charge in [-0.05, 0) is 61.6 Å². The Morgan fingerprint density at radius 2 is 1.65 bits per heavy atom. The van der Waals surface area contributed by atoms with Gasteiger partial charge in [-0.3, -0.25) is 19.2 Å². The molecule has 3 aromatic carbocycles. The third-order valence-corrected chi connectivity index (χ3v) is 7.92. The molecule has 0 aliphatic carbocycles. The summed E-state index contributed by atoms with van der Waals surface area (Å²) in [5.74, 6) is -0.355. The normalized spacial score (nSPS) is 19.1. The highest BCUT2D eigenvalue weighted by molar-refractivity contribution is 6.01. The van der Waals surface area contributed by atoms with Crippen LogP contribution in [0.4, 0.5) is 0 Å². The Kier molecular flexibility index (Phi) is 12.0. The van der Waals surface area contributed by atoms with Gasteiger partial charge in [-0.15, -0.1) is 0 Å². The number of benzene rings is 3. The minimum Gasteiger partial charge on any atom is -0.493 e. The minimum absolute atomic E-state index is 0.103. The second-order valence-corrected chi connectivity index (χ2v) is 11.2. The molecule has 0 saturated carbocycles. The number of nitrogens with zero attached hydrogens (tertiary/aromatic N) is 1. The van der Waals surface area contributed by atoms with Crippen LogP contribution in [0.3, 0.4) is 0 Å². The second kappa shape index (κ2) is 16.3. The molecule has 1 heterocycles. The van der Waals surface area contributed by atoms with E-state index in [1.54, 1.807) is 57.4 Å². The SMILES string of the molecule is COc1ccc(CCCNC(=O)[C@@H]2CC(=O)N[C@@H](C)C(=O)N(C)[C@@H](Cc3ccccc3)COc3ccccc3C(=O)N2)cc1OC. The summed E-state index contributed by atoms with van der Waals surface area (Å²) in [4.78, 5) is 54.9. The molecule has 0 aromatic heterocycles. The van der Waals surface area contributed by atoms with E-state index >= 15 is 0 Å². The van der Waals surface area contributed by atoms with E-state index < -0.39 is 29.8 Å². The van der Waals surface area contributed by atoms with Gasteiger partial charge in [0.1, 0.15) is 24.4 Å². The first-order valence-corrected chi connectivity index (χ1v) is 15.3. The lowest BCUT2D eigenvalue weighted by Crippen LogP contribution is -2.53. The van der Waals surface area contributed by atoms with Crippen molar-refractivity contribution in [2.45, 2.75) is 50.7 Å². The Labute approximate surface area is 269 Å². The average Bonchev–Trinajstić information content (AvgIpc) is 3.07. The van der Waals surface area contributed by atoms with Gasteiger partial charge in [-0.25, -0.2) is 0 Å². The first-order valence-electron chi connectivity index (χ1n) is 15.3. The van der Waals surface area contributed by atoms with Crippen LogP contribution in [0.15, 0.2) is 72.8 Å². The number of amides is 4. The number of methoxy groups -OCH3 is 2. The molecule has 3 atom stereocenters. The van der Waals surface area contributed by atoms with Crippen LogP contribution in [0.1, 0.15) is 41.3 Å². The lowest BCUT2D eigenvalue weighted by Gasteiger charge is -2.31. The van der Waals surface area contributed by atoms with Crippen molar-refractivity contribution < 1.29 is 33.4 Å². The van der Waals surface area contributed by atoms with E-state index in [0.29, 0.717) is 43.1 Å². The largest absolute Gasteiger partial charge is 0.493 e. The highest BCUT2D eigenvalue weighted by Crippen LogP contribution is 2.28. The summed E-state index contributed by atoms with van der Waals surface area (Å²) >= 11 is 0. The fraction of sp³-hybridized carbons (Fsp3) is 0.371. The van der Waals surface area contributed by atoms with Gasteiger partial charge in [-0.2, -0.15) is 0 Å². The third-order valence-electron chi connectivity index (χ3n) is 7.92. The molecule has 4 amide bonds. The molecule has 3 N–H and O–H groups in total. The number of hydrogen-bond donors (Lipinski definition) is 3. The number of carbonyl (C=O) groups excluding carboxylic acids is 4.